The van der Waals surface area contributed by atoms with Gasteiger partial charge in [-0.2, -0.15) is 0 Å². The molecular formula is C22H24N2O4. The number of hydrogen-bond acceptors (Lipinski definition) is 5. The molecule has 1 aliphatic heterocycles. The lowest BCUT2D eigenvalue weighted by atomic mass is 9.94. The van der Waals surface area contributed by atoms with Crippen molar-refractivity contribution in [1.29, 1.82) is 0 Å². The zero-order valence-electron chi connectivity index (χ0n) is 16.5. The maximum Gasteiger partial charge on any atom is 0.250 e. The van der Waals surface area contributed by atoms with Crippen molar-refractivity contribution < 1.29 is 19.1 Å². The highest BCUT2D eigenvalue weighted by Crippen LogP contribution is 2.38. The van der Waals surface area contributed by atoms with E-state index in [0.717, 1.165) is 22.6 Å². The topological polar surface area (TPSA) is 76.7 Å². The molecule has 0 aliphatic carbocycles. The smallest absolute Gasteiger partial charge is 0.250 e. The maximum absolute atomic E-state index is 12.9. The van der Waals surface area contributed by atoms with Crippen LogP contribution in [0.5, 0.6) is 5.75 Å². The van der Waals surface area contributed by atoms with Gasteiger partial charge in [0, 0.05) is 35.7 Å². The third kappa shape index (κ3) is 4.07. The normalized spacial score (nSPS) is 15.6. The van der Waals surface area contributed by atoms with E-state index < -0.39 is 0 Å². The summed E-state index contributed by atoms with van der Waals surface area (Å²) in [6.07, 6.45) is 1.59. The number of hydrogen-bond donors (Lipinski definition) is 2. The summed E-state index contributed by atoms with van der Waals surface area (Å²) in [4.78, 5) is 24.5. The standard InChI is InChI=1S/C22H24N2O4/c1-22(2)18-9-8-16(28-4)11-17(18)19(24-22)12-20(25)14-6-5-7-15(10-14)23-21(26)13-27-3/h5-12,24H,13H2,1-4H3,(H,23,26)/b19-12-. The highest BCUT2D eigenvalue weighted by molar-refractivity contribution is 6.09. The molecule has 3 rings (SSSR count). The van der Waals surface area contributed by atoms with Gasteiger partial charge >= 0.3 is 0 Å². The largest absolute Gasteiger partial charge is 0.497 e. The van der Waals surface area contributed by atoms with Gasteiger partial charge in [0.25, 0.3) is 0 Å². The number of methoxy groups -OCH3 is 2. The average molecular weight is 380 g/mol. The fourth-order valence-corrected chi connectivity index (χ4v) is 3.30. The second-order valence-corrected chi connectivity index (χ2v) is 7.15. The lowest BCUT2D eigenvalue weighted by molar-refractivity contribution is -0.119. The van der Waals surface area contributed by atoms with Gasteiger partial charge in [-0.15, -0.1) is 0 Å². The number of ketones is 1. The first kappa shape index (κ1) is 19.6. The Morgan fingerprint density at radius 2 is 1.93 bits per heavy atom. The van der Waals surface area contributed by atoms with E-state index in [1.165, 1.54) is 7.11 Å². The van der Waals surface area contributed by atoms with Gasteiger partial charge in [-0.25, -0.2) is 0 Å². The molecule has 2 aromatic rings. The van der Waals surface area contributed by atoms with Crippen molar-refractivity contribution >= 4 is 23.1 Å². The predicted octanol–water partition coefficient (Wildman–Crippen LogP) is 3.34. The van der Waals surface area contributed by atoms with Gasteiger partial charge < -0.3 is 20.1 Å². The second kappa shape index (κ2) is 7.86. The molecule has 1 heterocycles. The number of rotatable bonds is 6. The molecule has 0 aromatic heterocycles. The van der Waals surface area contributed by atoms with Crippen LogP contribution in [0.1, 0.15) is 35.3 Å². The summed E-state index contributed by atoms with van der Waals surface area (Å²) in [6.45, 7) is 4.09. The van der Waals surface area contributed by atoms with Gasteiger partial charge in [0.05, 0.1) is 12.6 Å². The van der Waals surface area contributed by atoms with Crippen LogP contribution in [-0.2, 0) is 15.1 Å². The van der Waals surface area contributed by atoms with E-state index in [1.807, 2.05) is 18.2 Å². The molecule has 0 saturated heterocycles. The molecule has 28 heavy (non-hydrogen) atoms. The lowest BCUT2D eigenvalue weighted by Gasteiger charge is -2.20. The zero-order valence-corrected chi connectivity index (χ0v) is 16.5. The number of ether oxygens (including phenoxy) is 2. The molecule has 2 aromatic carbocycles. The fourth-order valence-electron chi connectivity index (χ4n) is 3.30. The van der Waals surface area contributed by atoms with Crippen LogP contribution in [0.25, 0.3) is 5.70 Å². The number of amides is 1. The van der Waals surface area contributed by atoms with Crippen LogP contribution in [0, 0.1) is 0 Å². The summed E-state index contributed by atoms with van der Waals surface area (Å²) >= 11 is 0. The van der Waals surface area contributed by atoms with E-state index in [0.29, 0.717) is 11.3 Å². The summed E-state index contributed by atoms with van der Waals surface area (Å²) in [5.41, 5.74) is 3.55. The van der Waals surface area contributed by atoms with Crippen LogP contribution in [0.3, 0.4) is 0 Å². The van der Waals surface area contributed by atoms with Gasteiger partial charge in [-0.3, -0.25) is 9.59 Å². The van der Waals surface area contributed by atoms with E-state index in [2.05, 4.69) is 24.5 Å². The molecule has 0 fully saturated rings. The van der Waals surface area contributed by atoms with E-state index >= 15 is 0 Å². The molecule has 6 nitrogen and oxygen atoms in total. The quantitative estimate of drug-likeness (QED) is 0.594. The summed E-state index contributed by atoms with van der Waals surface area (Å²) < 4.78 is 10.1. The van der Waals surface area contributed by atoms with Crippen molar-refractivity contribution in [2.75, 3.05) is 26.1 Å². The Labute approximate surface area is 164 Å². The van der Waals surface area contributed by atoms with E-state index in [-0.39, 0.29) is 23.8 Å². The predicted molar refractivity (Wildman–Crippen MR) is 108 cm³/mol. The maximum atomic E-state index is 12.9. The van der Waals surface area contributed by atoms with Crippen molar-refractivity contribution in [2.45, 2.75) is 19.4 Å². The van der Waals surface area contributed by atoms with Crippen LogP contribution < -0.4 is 15.4 Å². The third-order valence-electron chi connectivity index (χ3n) is 4.62. The third-order valence-corrected chi connectivity index (χ3v) is 4.62. The fraction of sp³-hybridized carbons (Fsp3) is 0.273. The SMILES string of the molecule is COCC(=O)Nc1cccc(C(=O)/C=C2\NC(C)(C)c3ccc(OC)cc32)c1. The van der Waals surface area contributed by atoms with Gasteiger partial charge in [0.2, 0.25) is 5.91 Å². The summed E-state index contributed by atoms with van der Waals surface area (Å²) in [7, 11) is 3.07. The Morgan fingerprint density at radius 1 is 1.14 bits per heavy atom. The number of benzene rings is 2. The Bertz CT molecular complexity index is 947. The molecule has 0 atom stereocenters. The first-order valence-electron chi connectivity index (χ1n) is 8.96. The number of fused-ring (bicyclic) bond motifs is 1. The first-order valence-corrected chi connectivity index (χ1v) is 8.96. The van der Waals surface area contributed by atoms with Crippen LogP contribution in [-0.4, -0.2) is 32.5 Å². The minimum atomic E-state index is -0.288. The molecule has 1 aliphatic rings. The van der Waals surface area contributed by atoms with E-state index in [9.17, 15) is 9.59 Å². The van der Waals surface area contributed by atoms with E-state index in [4.69, 9.17) is 9.47 Å². The second-order valence-electron chi connectivity index (χ2n) is 7.15. The lowest BCUT2D eigenvalue weighted by Crippen LogP contribution is -2.28. The molecule has 0 spiro atoms. The van der Waals surface area contributed by atoms with Crippen molar-refractivity contribution in [3.05, 3.63) is 65.2 Å². The first-order chi connectivity index (χ1) is 13.3. The van der Waals surface area contributed by atoms with Gasteiger partial charge in [-0.05, 0) is 43.7 Å². The average Bonchev–Trinajstić information content (AvgIpc) is 2.91. The van der Waals surface area contributed by atoms with Gasteiger partial charge in [0.1, 0.15) is 12.4 Å². The van der Waals surface area contributed by atoms with Crippen molar-refractivity contribution in [1.82, 2.24) is 5.32 Å². The summed E-state index contributed by atoms with van der Waals surface area (Å²) in [5.74, 6) is 0.307. The molecule has 6 heteroatoms. The monoisotopic (exact) mass is 380 g/mol. The van der Waals surface area contributed by atoms with Crippen LogP contribution in [0.2, 0.25) is 0 Å². The highest BCUT2D eigenvalue weighted by atomic mass is 16.5. The molecule has 0 unspecified atom stereocenters. The Morgan fingerprint density at radius 3 is 2.64 bits per heavy atom. The molecule has 0 radical (unpaired) electrons. The number of nitrogens with one attached hydrogen (secondary N) is 2. The van der Waals surface area contributed by atoms with E-state index in [1.54, 1.807) is 37.5 Å². The van der Waals surface area contributed by atoms with Crippen LogP contribution in [0.15, 0.2) is 48.5 Å². The van der Waals surface area contributed by atoms with Gasteiger partial charge in [-0.1, -0.05) is 18.2 Å². The Hall–Kier alpha value is -3.12. The molecular weight excluding hydrogens is 356 g/mol. The molecule has 2 N–H and O–H groups in total. The van der Waals surface area contributed by atoms with Crippen molar-refractivity contribution in [3.8, 4) is 5.75 Å². The molecule has 0 bridgehead atoms. The molecule has 1 amide bonds. The number of allylic oxidation sites excluding steroid dienone is 1. The minimum absolute atomic E-state index is 0.0418. The zero-order chi connectivity index (χ0) is 20.3. The molecule has 146 valence electrons. The van der Waals surface area contributed by atoms with Crippen molar-refractivity contribution in [2.24, 2.45) is 0 Å². The van der Waals surface area contributed by atoms with Crippen LogP contribution in [0.4, 0.5) is 5.69 Å². The van der Waals surface area contributed by atoms with Crippen LogP contribution >= 0.6 is 0 Å². The number of carbonyl (C=O) groups excluding carboxylic acids is 2. The summed E-state index contributed by atoms with van der Waals surface area (Å²) in [5, 5.41) is 6.12. The highest BCUT2D eigenvalue weighted by Gasteiger charge is 2.33. The molecule has 0 saturated carbocycles. The summed E-state index contributed by atoms with van der Waals surface area (Å²) in [6, 6.07) is 12.7. The Kier molecular flexibility index (Phi) is 5.51. The number of carbonyl (C=O) groups is 2. The minimum Gasteiger partial charge on any atom is -0.497 e. The van der Waals surface area contributed by atoms with Crippen molar-refractivity contribution in [3.63, 3.8) is 0 Å². The number of anilines is 1. The Balaban J connectivity index is 1.89. The van der Waals surface area contributed by atoms with Gasteiger partial charge in [0.15, 0.2) is 5.78 Å².